The van der Waals surface area contributed by atoms with E-state index in [0.717, 1.165) is 12.1 Å². The molecule has 30 heavy (non-hydrogen) atoms. The van der Waals surface area contributed by atoms with Crippen molar-refractivity contribution in [3.8, 4) is 5.69 Å². The van der Waals surface area contributed by atoms with E-state index in [1.54, 1.807) is 9.58 Å². The third kappa shape index (κ3) is 4.04. The topological polar surface area (TPSA) is 105 Å². The number of hydrogen-bond acceptors (Lipinski definition) is 7. The van der Waals surface area contributed by atoms with Gasteiger partial charge in [-0.2, -0.15) is 8.99 Å². The zero-order valence-electron chi connectivity index (χ0n) is 17.1. The van der Waals surface area contributed by atoms with Crippen LogP contribution in [0.25, 0.3) is 5.69 Å². The summed E-state index contributed by atoms with van der Waals surface area (Å²) in [6.07, 6.45) is 1.87. The SMILES string of the molecule is CCCS(=O)(=O)N1CCCC1C(=O)N1CCN(c2nnnn2-c2ccccc2)CC1. The van der Waals surface area contributed by atoms with Crippen molar-refractivity contribution in [2.24, 2.45) is 0 Å². The number of tetrazole rings is 1. The molecule has 0 radical (unpaired) electrons. The molecule has 2 saturated heterocycles. The van der Waals surface area contributed by atoms with Crippen LogP contribution >= 0.6 is 0 Å². The number of benzene rings is 1. The minimum absolute atomic E-state index is 0.0884. The summed E-state index contributed by atoms with van der Waals surface area (Å²) in [6, 6.07) is 9.10. The van der Waals surface area contributed by atoms with Gasteiger partial charge in [-0.15, -0.1) is 0 Å². The fourth-order valence-electron chi connectivity index (χ4n) is 4.15. The fourth-order valence-corrected chi connectivity index (χ4v) is 5.89. The van der Waals surface area contributed by atoms with E-state index in [-0.39, 0.29) is 11.7 Å². The molecule has 1 aromatic carbocycles. The van der Waals surface area contributed by atoms with Crippen molar-refractivity contribution >= 4 is 21.9 Å². The number of rotatable bonds is 6. The highest BCUT2D eigenvalue weighted by Crippen LogP contribution is 2.25. The summed E-state index contributed by atoms with van der Waals surface area (Å²) in [5, 5.41) is 12.1. The molecule has 2 aromatic rings. The zero-order chi connectivity index (χ0) is 21.1. The van der Waals surface area contributed by atoms with Crippen molar-refractivity contribution in [3.63, 3.8) is 0 Å². The summed E-state index contributed by atoms with van der Waals surface area (Å²) in [4.78, 5) is 16.9. The molecule has 2 aliphatic rings. The third-order valence-electron chi connectivity index (χ3n) is 5.64. The molecule has 0 spiro atoms. The Bertz CT molecular complexity index is 971. The van der Waals surface area contributed by atoms with Gasteiger partial charge in [-0.05, 0) is 41.8 Å². The highest BCUT2D eigenvalue weighted by molar-refractivity contribution is 7.89. The van der Waals surface area contributed by atoms with Crippen LogP contribution in [0.15, 0.2) is 30.3 Å². The molecular formula is C19H27N7O3S. The molecule has 1 amide bonds. The monoisotopic (exact) mass is 433 g/mol. The van der Waals surface area contributed by atoms with Crippen LogP contribution in [0.4, 0.5) is 5.95 Å². The smallest absolute Gasteiger partial charge is 0.250 e. The Labute approximate surface area is 176 Å². The second-order valence-corrected chi connectivity index (χ2v) is 9.66. The van der Waals surface area contributed by atoms with Crippen LogP contribution in [0, 0.1) is 0 Å². The quantitative estimate of drug-likeness (QED) is 0.654. The summed E-state index contributed by atoms with van der Waals surface area (Å²) < 4.78 is 28.2. The summed E-state index contributed by atoms with van der Waals surface area (Å²) in [6.45, 7) is 4.48. The highest BCUT2D eigenvalue weighted by Gasteiger charge is 2.40. The Morgan fingerprint density at radius 2 is 1.83 bits per heavy atom. The third-order valence-corrected chi connectivity index (χ3v) is 7.71. The van der Waals surface area contributed by atoms with Crippen LogP contribution in [-0.4, -0.2) is 88.3 Å². The molecule has 0 saturated carbocycles. The van der Waals surface area contributed by atoms with Gasteiger partial charge in [0.05, 0.1) is 11.4 Å². The molecule has 1 atom stereocenters. The minimum Gasteiger partial charge on any atom is -0.338 e. The first-order chi connectivity index (χ1) is 14.5. The summed E-state index contributed by atoms with van der Waals surface area (Å²) in [5.74, 6) is 0.642. The standard InChI is InChI=1S/C19H27N7O3S/c1-2-15-30(28,29)25-10-6-9-17(25)18(27)23-11-13-24(14-12-23)19-20-21-22-26(19)16-7-4-3-5-8-16/h3-5,7-8,17H,2,6,9-15H2,1H3. The molecule has 1 unspecified atom stereocenters. The van der Waals surface area contributed by atoms with Gasteiger partial charge in [-0.3, -0.25) is 4.79 Å². The van der Waals surface area contributed by atoms with E-state index >= 15 is 0 Å². The number of sulfonamides is 1. The number of amides is 1. The maximum Gasteiger partial charge on any atom is 0.250 e. The number of carbonyl (C=O) groups is 1. The number of hydrogen-bond donors (Lipinski definition) is 0. The van der Waals surface area contributed by atoms with Gasteiger partial charge in [0.15, 0.2) is 0 Å². The van der Waals surface area contributed by atoms with Gasteiger partial charge in [0, 0.05) is 32.7 Å². The van der Waals surface area contributed by atoms with Gasteiger partial charge in [0.25, 0.3) is 0 Å². The first-order valence-electron chi connectivity index (χ1n) is 10.4. The lowest BCUT2D eigenvalue weighted by molar-refractivity contribution is -0.134. The van der Waals surface area contributed by atoms with Crippen molar-refractivity contribution in [2.75, 3.05) is 43.4 Å². The number of para-hydroxylation sites is 1. The van der Waals surface area contributed by atoms with Crippen LogP contribution in [0.3, 0.4) is 0 Å². The molecular weight excluding hydrogens is 406 g/mol. The fraction of sp³-hybridized carbons (Fsp3) is 0.579. The Morgan fingerprint density at radius 3 is 2.53 bits per heavy atom. The zero-order valence-corrected chi connectivity index (χ0v) is 17.9. The average molecular weight is 434 g/mol. The summed E-state index contributed by atoms with van der Waals surface area (Å²) in [7, 11) is -3.38. The van der Waals surface area contributed by atoms with Gasteiger partial charge < -0.3 is 9.80 Å². The molecule has 1 aromatic heterocycles. The summed E-state index contributed by atoms with van der Waals surface area (Å²) in [5.41, 5.74) is 0.874. The van der Waals surface area contributed by atoms with Crippen molar-refractivity contribution < 1.29 is 13.2 Å². The van der Waals surface area contributed by atoms with Gasteiger partial charge in [-0.1, -0.05) is 30.2 Å². The van der Waals surface area contributed by atoms with E-state index in [2.05, 4.69) is 20.4 Å². The maximum absolute atomic E-state index is 13.1. The highest BCUT2D eigenvalue weighted by atomic mass is 32.2. The van der Waals surface area contributed by atoms with Gasteiger partial charge in [0.1, 0.15) is 6.04 Å². The van der Waals surface area contributed by atoms with E-state index in [9.17, 15) is 13.2 Å². The molecule has 3 heterocycles. The largest absolute Gasteiger partial charge is 0.338 e. The molecule has 0 bridgehead atoms. The van der Waals surface area contributed by atoms with Crippen molar-refractivity contribution in [3.05, 3.63) is 30.3 Å². The lowest BCUT2D eigenvalue weighted by Crippen LogP contribution is -2.55. The van der Waals surface area contributed by atoms with E-state index in [0.29, 0.717) is 51.5 Å². The molecule has 2 fully saturated rings. The van der Waals surface area contributed by atoms with Crippen molar-refractivity contribution in [1.29, 1.82) is 0 Å². The molecule has 0 N–H and O–H groups in total. The Kier molecular flexibility index (Phi) is 6.00. The Hall–Kier alpha value is -2.53. The van der Waals surface area contributed by atoms with Crippen molar-refractivity contribution in [1.82, 2.24) is 29.4 Å². The lowest BCUT2D eigenvalue weighted by Gasteiger charge is -2.37. The van der Waals surface area contributed by atoms with Crippen LogP contribution in [0.5, 0.6) is 0 Å². The lowest BCUT2D eigenvalue weighted by atomic mass is 10.2. The molecule has 0 aliphatic carbocycles. The number of nitrogens with zero attached hydrogens (tertiary/aromatic N) is 7. The molecule has 11 heteroatoms. The first kappa shape index (κ1) is 20.7. The first-order valence-corrected chi connectivity index (χ1v) is 12.0. The minimum atomic E-state index is -3.38. The molecule has 2 aliphatic heterocycles. The Balaban J connectivity index is 1.42. The van der Waals surface area contributed by atoms with Crippen LogP contribution < -0.4 is 4.90 Å². The van der Waals surface area contributed by atoms with E-state index < -0.39 is 16.1 Å². The average Bonchev–Trinajstić information content (AvgIpc) is 3.44. The van der Waals surface area contributed by atoms with Crippen LogP contribution in [0.2, 0.25) is 0 Å². The predicted molar refractivity (Wildman–Crippen MR) is 112 cm³/mol. The van der Waals surface area contributed by atoms with Gasteiger partial charge in [0.2, 0.25) is 21.9 Å². The number of carbonyl (C=O) groups excluding carboxylic acids is 1. The Morgan fingerprint density at radius 1 is 1.10 bits per heavy atom. The predicted octanol–water partition coefficient (Wildman–Crippen LogP) is 0.515. The number of piperazine rings is 1. The molecule has 162 valence electrons. The van der Waals surface area contributed by atoms with E-state index in [1.165, 1.54) is 4.31 Å². The molecule has 4 rings (SSSR count). The van der Waals surface area contributed by atoms with E-state index in [1.807, 2.05) is 37.3 Å². The van der Waals surface area contributed by atoms with Crippen molar-refractivity contribution in [2.45, 2.75) is 32.2 Å². The number of anilines is 1. The second-order valence-electron chi connectivity index (χ2n) is 7.62. The molecule has 10 nitrogen and oxygen atoms in total. The van der Waals surface area contributed by atoms with E-state index in [4.69, 9.17) is 0 Å². The van der Waals surface area contributed by atoms with Gasteiger partial charge in [-0.25, -0.2) is 8.42 Å². The second kappa shape index (κ2) is 8.68. The number of aromatic nitrogens is 4. The summed E-state index contributed by atoms with van der Waals surface area (Å²) >= 11 is 0. The van der Waals surface area contributed by atoms with Gasteiger partial charge >= 0.3 is 0 Å². The van der Waals surface area contributed by atoms with Crippen LogP contribution in [0.1, 0.15) is 26.2 Å². The normalized spacial score (nSPS) is 20.6. The maximum atomic E-state index is 13.1. The van der Waals surface area contributed by atoms with Crippen LogP contribution in [-0.2, 0) is 14.8 Å².